The Morgan fingerprint density at radius 3 is 2.93 bits per heavy atom. The fourth-order valence-electron chi connectivity index (χ4n) is 2.63. The fraction of sp³-hybridized carbons (Fsp3) is 0.667. The van der Waals surface area contributed by atoms with Gasteiger partial charge in [0.25, 0.3) is 7.37 Å². The molecule has 2 aliphatic carbocycles. The summed E-state index contributed by atoms with van der Waals surface area (Å²) < 4.78 is 0. The summed E-state index contributed by atoms with van der Waals surface area (Å²) in [6.07, 6.45) is 7.60. The molecule has 0 spiro atoms. The molecule has 0 aromatic heterocycles. The molecule has 0 aliphatic heterocycles. The number of fused-ring (bicyclic) bond motifs is 2. The zero-order chi connectivity index (χ0) is 9.97. The molecule has 0 heterocycles. The average molecular weight is 191 g/mol. The van der Waals surface area contributed by atoms with Gasteiger partial charge in [-0.15, -0.1) is 0 Å². The number of carbonyl (C=O) groups is 1. The Morgan fingerprint density at radius 2 is 2.36 bits per heavy atom. The van der Waals surface area contributed by atoms with Gasteiger partial charge >= 0.3 is 0 Å². The molecule has 5 heteroatoms. The van der Waals surface area contributed by atoms with Gasteiger partial charge in [0, 0.05) is 6.42 Å². The summed E-state index contributed by atoms with van der Waals surface area (Å²) in [5.74, 6) is 2.00. The normalized spacial score (nSPS) is 33.1. The third-order valence-corrected chi connectivity index (χ3v) is 3.30. The molecular weight excluding hydrogens is 176 g/mol. The maximum Gasteiger partial charge on any atom is 0.257 e. The summed E-state index contributed by atoms with van der Waals surface area (Å²) in [7, 11) is 0.415. The monoisotopic (exact) mass is 191 g/mol. The number of carbonyl (C=O) groups excluding carboxylic acids is 1. The molecule has 0 saturated heterocycles. The minimum absolute atomic E-state index is 0.0301. The van der Waals surface area contributed by atoms with E-state index in [1.807, 2.05) is 0 Å². The molecule has 3 nitrogen and oxygen atoms in total. The first-order valence-electron chi connectivity index (χ1n) is 5.35. The summed E-state index contributed by atoms with van der Waals surface area (Å²) in [5, 5.41) is 11.3. The van der Waals surface area contributed by atoms with Gasteiger partial charge in [-0.1, -0.05) is 12.2 Å². The Bertz CT molecular complexity index is 257. The second kappa shape index (κ2) is 4.22. The van der Waals surface area contributed by atoms with E-state index in [9.17, 15) is 4.79 Å². The van der Waals surface area contributed by atoms with Gasteiger partial charge in [-0.3, -0.25) is 4.79 Å². The van der Waals surface area contributed by atoms with Gasteiger partial charge in [-0.05, 0) is 30.6 Å². The summed E-state index contributed by atoms with van der Waals surface area (Å²) in [6, 6.07) is 0. The lowest BCUT2D eigenvalue weighted by atomic mass is 9.60. The van der Waals surface area contributed by atoms with Crippen LogP contribution in [0.5, 0.6) is 0 Å². The van der Waals surface area contributed by atoms with Crippen LogP contribution in [0, 0.1) is 17.8 Å². The molecule has 1 amide bonds. The molecule has 0 aromatic carbocycles. The van der Waals surface area contributed by atoms with Crippen molar-refractivity contribution in [3.63, 3.8) is 0 Å². The fourth-order valence-corrected chi connectivity index (χ4v) is 2.63. The highest BCUT2D eigenvalue weighted by molar-refractivity contribution is 6.96. The molecule has 2 N–H and O–H groups in total. The van der Waals surface area contributed by atoms with E-state index in [1.54, 1.807) is 0 Å². The summed E-state index contributed by atoms with van der Waals surface area (Å²) in [6.45, 7) is 0. The molecule has 2 rings (SSSR count). The lowest BCUT2D eigenvalue weighted by Gasteiger charge is -2.16. The molecule has 1 saturated carbocycles. The van der Waals surface area contributed by atoms with Gasteiger partial charge in [-0.25, -0.2) is 0 Å². The molecule has 74 valence electrons. The van der Waals surface area contributed by atoms with Crippen molar-refractivity contribution in [3.05, 3.63) is 12.2 Å². The van der Waals surface area contributed by atoms with Gasteiger partial charge < -0.3 is 10.3 Å². The Kier molecular flexibility index (Phi) is 2.96. The van der Waals surface area contributed by atoms with Gasteiger partial charge in [0.2, 0.25) is 13.2 Å². The van der Waals surface area contributed by atoms with Crippen LogP contribution in [0.2, 0.25) is 0 Å². The zero-order valence-corrected chi connectivity index (χ0v) is 8.28. The Morgan fingerprint density at radius 1 is 1.50 bits per heavy atom. The van der Waals surface area contributed by atoms with Crippen molar-refractivity contribution in [1.29, 1.82) is 0 Å². The first kappa shape index (κ1) is 9.84. The standard InChI is InChI=1S/C9H15B2NO2/c13-9(12-10-11-14)5-8-4-6-1-2-7(8)3-6/h1-2,6-8,10-11,14H,3-5H2,(H,12,13). The van der Waals surface area contributed by atoms with Crippen LogP contribution in [0.25, 0.3) is 0 Å². The predicted molar refractivity (Wildman–Crippen MR) is 58.1 cm³/mol. The number of rotatable bonds is 4. The SMILES string of the molecule is O=C(CC1CC2C=CC1C2)NBBO. The van der Waals surface area contributed by atoms with Crippen molar-refractivity contribution in [3.8, 4) is 0 Å². The molecule has 0 aromatic rings. The minimum Gasteiger partial charge on any atom is -0.460 e. The maximum absolute atomic E-state index is 11.4. The first-order chi connectivity index (χ1) is 6.79. The second-order valence-corrected chi connectivity index (χ2v) is 4.32. The van der Waals surface area contributed by atoms with Crippen molar-refractivity contribution in [2.45, 2.75) is 19.3 Å². The zero-order valence-electron chi connectivity index (χ0n) is 8.28. The quantitative estimate of drug-likeness (QED) is 0.456. The number of nitrogens with one attached hydrogen (secondary N) is 1. The van der Waals surface area contributed by atoms with Crippen LogP contribution in [0.15, 0.2) is 12.2 Å². The summed E-state index contributed by atoms with van der Waals surface area (Å²) in [5.41, 5.74) is 0. The van der Waals surface area contributed by atoms with Crippen molar-refractivity contribution >= 4 is 20.6 Å². The molecular formula is C9H15B2NO2. The Balaban J connectivity index is 1.76. The van der Waals surface area contributed by atoms with E-state index in [0.717, 1.165) is 5.92 Å². The molecule has 2 bridgehead atoms. The smallest absolute Gasteiger partial charge is 0.257 e. The summed E-state index contributed by atoms with van der Waals surface area (Å²) >= 11 is 0. The molecule has 3 unspecified atom stereocenters. The highest BCUT2D eigenvalue weighted by Crippen LogP contribution is 2.44. The van der Waals surface area contributed by atoms with E-state index in [1.165, 1.54) is 12.8 Å². The highest BCUT2D eigenvalue weighted by atomic mass is 16.2. The third-order valence-electron chi connectivity index (χ3n) is 3.30. The molecule has 2 aliphatic rings. The lowest BCUT2D eigenvalue weighted by molar-refractivity contribution is -0.120. The topological polar surface area (TPSA) is 49.3 Å². The van der Waals surface area contributed by atoms with Crippen molar-refractivity contribution in [2.75, 3.05) is 0 Å². The van der Waals surface area contributed by atoms with Crippen LogP contribution >= 0.6 is 0 Å². The average Bonchev–Trinajstić information content (AvgIpc) is 2.76. The van der Waals surface area contributed by atoms with Gasteiger partial charge in [0.15, 0.2) is 0 Å². The van der Waals surface area contributed by atoms with Crippen LogP contribution in [-0.2, 0) is 4.79 Å². The third kappa shape index (κ3) is 2.03. The van der Waals surface area contributed by atoms with Gasteiger partial charge in [0.05, 0.1) is 0 Å². The lowest BCUT2D eigenvalue weighted by Crippen LogP contribution is -2.33. The van der Waals surface area contributed by atoms with E-state index in [2.05, 4.69) is 17.4 Å². The highest BCUT2D eigenvalue weighted by Gasteiger charge is 2.36. The predicted octanol–water partition coefficient (Wildman–Crippen LogP) is -0.685. The van der Waals surface area contributed by atoms with Gasteiger partial charge in [0.1, 0.15) is 0 Å². The molecule has 0 radical (unpaired) electrons. The van der Waals surface area contributed by atoms with E-state index < -0.39 is 0 Å². The van der Waals surface area contributed by atoms with E-state index >= 15 is 0 Å². The van der Waals surface area contributed by atoms with Crippen LogP contribution in [-0.4, -0.2) is 25.6 Å². The number of allylic oxidation sites excluding steroid dienone is 2. The van der Waals surface area contributed by atoms with Crippen LogP contribution < -0.4 is 5.23 Å². The number of hydrogen-bond donors (Lipinski definition) is 2. The van der Waals surface area contributed by atoms with E-state index in [4.69, 9.17) is 5.02 Å². The van der Waals surface area contributed by atoms with Crippen LogP contribution in [0.1, 0.15) is 19.3 Å². The molecule has 3 atom stereocenters. The van der Waals surface area contributed by atoms with Crippen molar-refractivity contribution < 1.29 is 9.82 Å². The van der Waals surface area contributed by atoms with Crippen molar-refractivity contribution in [2.24, 2.45) is 17.8 Å². The van der Waals surface area contributed by atoms with Crippen LogP contribution in [0.3, 0.4) is 0 Å². The molecule has 1 fully saturated rings. The van der Waals surface area contributed by atoms with Crippen molar-refractivity contribution in [1.82, 2.24) is 5.23 Å². The van der Waals surface area contributed by atoms with E-state index in [0.29, 0.717) is 25.6 Å². The Labute approximate surface area is 85.5 Å². The largest absolute Gasteiger partial charge is 0.460 e. The second-order valence-electron chi connectivity index (χ2n) is 4.32. The summed E-state index contributed by atoms with van der Waals surface area (Å²) in [4.78, 5) is 11.4. The Hall–Kier alpha value is -0.700. The number of amides is 1. The first-order valence-corrected chi connectivity index (χ1v) is 5.35. The van der Waals surface area contributed by atoms with Crippen LogP contribution in [0.4, 0.5) is 0 Å². The van der Waals surface area contributed by atoms with Gasteiger partial charge in [-0.2, -0.15) is 0 Å². The van der Waals surface area contributed by atoms with E-state index in [-0.39, 0.29) is 13.3 Å². The molecule has 14 heavy (non-hydrogen) atoms. The maximum atomic E-state index is 11.4. The minimum atomic E-state index is 0.0301. The number of hydrogen-bond acceptors (Lipinski definition) is 2.